The number of benzene rings is 2. The first kappa shape index (κ1) is 19.1. The molecule has 0 aliphatic carbocycles. The van der Waals surface area contributed by atoms with Gasteiger partial charge in [0.25, 0.3) is 11.8 Å². The molecule has 1 saturated heterocycles. The Bertz CT molecular complexity index is 872. The van der Waals surface area contributed by atoms with Gasteiger partial charge in [0, 0.05) is 32.7 Å². The first-order valence-corrected chi connectivity index (χ1v) is 9.76. The highest BCUT2D eigenvalue weighted by Crippen LogP contribution is 2.22. The Hall–Kier alpha value is -3.19. The maximum absolute atomic E-state index is 12.6. The van der Waals surface area contributed by atoms with Gasteiger partial charge in [-0.2, -0.15) is 0 Å². The molecule has 4 rings (SSSR count). The molecule has 3 amide bonds. The second kappa shape index (κ2) is 8.45. The molecule has 0 bridgehead atoms. The van der Waals surface area contributed by atoms with Crippen LogP contribution in [0.15, 0.2) is 54.6 Å². The fourth-order valence-electron chi connectivity index (χ4n) is 3.65. The second-order valence-corrected chi connectivity index (χ2v) is 7.13. The van der Waals surface area contributed by atoms with Crippen LogP contribution in [-0.4, -0.2) is 78.3 Å². The quantitative estimate of drug-likeness (QED) is 0.696. The number of fused-ring (bicyclic) bond motifs is 1. The van der Waals surface area contributed by atoms with Crippen LogP contribution in [0.25, 0.3) is 0 Å². The molecule has 2 aliphatic rings. The molecule has 7 heteroatoms. The summed E-state index contributed by atoms with van der Waals surface area (Å²) in [4.78, 5) is 42.5. The zero-order chi connectivity index (χ0) is 20.2. The summed E-state index contributed by atoms with van der Waals surface area (Å²) >= 11 is 0. The van der Waals surface area contributed by atoms with Crippen LogP contribution in [0.2, 0.25) is 0 Å². The van der Waals surface area contributed by atoms with Crippen molar-refractivity contribution in [2.45, 2.75) is 0 Å². The molecule has 0 saturated carbocycles. The van der Waals surface area contributed by atoms with E-state index >= 15 is 0 Å². The minimum Gasteiger partial charge on any atom is -0.492 e. The van der Waals surface area contributed by atoms with Gasteiger partial charge in [0.2, 0.25) is 5.91 Å². The lowest BCUT2D eigenvalue weighted by Crippen LogP contribution is -2.52. The van der Waals surface area contributed by atoms with Crippen LogP contribution >= 0.6 is 0 Å². The molecule has 29 heavy (non-hydrogen) atoms. The van der Waals surface area contributed by atoms with Gasteiger partial charge in [0.05, 0.1) is 11.1 Å². The van der Waals surface area contributed by atoms with Crippen molar-refractivity contribution in [3.05, 3.63) is 65.7 Å². The molecule has 0 unspecified atom stereocenters. The second-order valence-electron chi connectivity index (χ2n) is 7.13. The molecular formula is C22H23N3O4. The molecule has 0 spiro atoms. The molecule has 2 aromatic rings. The van der Waals surface area contributed by atoms with Crippen molar-refractivity contribution >= 4 is 17.7 Å². The third-order valence-corrected chi connectivity index (χ3v) is 5.32. The Kier molecular flexibility index (Phi) is 5.57. The average Bonchev–Trinajstić information content (AvgIpc) is 3.00. The number of hydrogen-bond acceptors (Lipinski definition) is 5. The molecule has 0 N–H and O–H groups in total. The van der Waals surface area contributed by atoms with Gasteiger partial charge in [-0.25, -0.2) is 0 Å². The lowest BCUT2D eigenvalue weighted by atomic mass is 10.1. The summed E-state index contributed by atoms with van der Waals surface area (Å²) in [7, 11) is 0. The third-order valence-electron chi connectivity index (χ3n) is 5.32. The number of para-hydroxylation sites is 1. The first-order valence-electron chi connectivity index (χ1n) is 9.76. The maximum atomic E-state index is 12.6. The Labute approximate surface area is 169 Å². The van der Waals surface area contributed by atoms with Crippen LogP contribution in [0.1, 0.15) is 20.7 Å². The van der Waals surface area contributed by atoms with Crippen molar-refractivity contribution in [1.82, 2.24) is 14.7 Å². The fourth-order valence-corrected chi connectivity index (χ4v) is 3.65. The Balaban J connectivity index is 1.23. The average molecular weight is 393 g/mol. The molecule has 0 atom stereocenters. The molecule has 7 nitrogen and oxygen atoms in total. The summed E-state index contributed by atoms with van der Waals surface area (Å²) in [5.74, 6) is -0.131. The lowest BCUT2D eigenvalue weighted by Gasteiger charge is -2.35. The Morgan fingerprint density at radius 2 is 1.41 bits per heavy atom. The predicted octanol–water partition coefficient (Wildman–Crippen LogP) is 1.51. The third kappa shape index (κ3) is 4.14. The minimum absolute atomic E-state index is 0.195. The first-order chi connectivity index (χ1) is 14.1. The van der Waals surface area contributed by atoms with Crippen LogP contribution < -0.4 is 4.74 Å². The van der Waals surface area contributed by atoms with Gasteiger partial charge in [0.15, 0.2) is 0 Å². The van der Waals surface area contributed by atoms with E-state index in [1.807, 2.05) is 30.3 Å². The SMILES string of the molecule is O=C(CN1C(=O)c2ccccc2C1=O)N1CCN(CCOc2ccccc2)CC1. The number of rotatable bonds is 6. The topological polar surface area (TPSA) is 70.2 Å². The number of ether oxygens (including phenoxy) is 1. The highest BCUT2D eigenvalue weighted by atomic mass is 16.5. The van der Waals surface area contributed by atoms with Crippen molar-refractivity contribution in [3.63, 3.8) is 0 Å². The smallest absolute Gasteiger partial charge is 0.262 e. The standard InChI is InChI=1S/C22H23N3O4/c26-20(16-25-21(27)18-8-4-5-9-19(18)22(25)28)24-12-10-23(11-13-24)14-15-29-17-6-2-1-3-7-17/h1-9H,10-16H2. The number of nitrogens with zero attached hydrogens (tertiary/aromatic N) is 3. The summed E-state index contributed by atoms with van der Waals surface area (Å²) in [5.41, 5.74) is 0.738. The van der Waals surface area contributed by atoms with Gasteiger partial charge in [-0.1, -0.05) is 30.3 Å². The number of piperazine rings is 1. The van der Waals surface area contributed by atoms with E-state index in [0.717, 1.165) is 30.3 Å². The van der Waals surface area contributed by atoms with Crippen LogP contribution in [0.5, 0.6) is 5.75 Å². The van der Waals surface area contributed by atoms with Crippen molar-refractivity contribution in [2.75, 3.05) is 45.9 Å². The molecule has 1 fully saturated rings. The van der Waals surface area contributed by atoms with E-state index in [0.29, 0.717) is 30.8 Å². The van der Waals surface area contributed by atoms with E-state index in [4.69, 9.17) is 4.74 Å². The van der Waals surface area contributed by atoms with E-state index in [9.17, 15) is 14.4 Å². The molecule has 150 valence electrons. The maximum Gasteiger partial charge on any atom is 0.262 e. The largest absolute Gasteiger partial charge is 0.492 e. The van der Waals surface area contributed by atoms with Crippen LogP contribution in [-0.2, 0) is 4.79 Å². The molecule has 2 heterocycles. The fraction of sp³-hybridized carbons (Fsp3) is 0.318. The van der Waals surface area contributed by atoms with Crippen molar-refractivity contribution in [1.29, 1.82) is 0 Å². The van der Waals surface area contributed by atoms with E-state index in [2.05, 4.69) is 4.90 Å². The van der Waals surface area contributed by atoms with E-state index < -0.39 is 11.8 Å². The Morgan fingerprint density at radius 3 is 2.03 bits per heavy atom. The number of carbonyl (C=O) groups excluding carboxylic acids is 3. The van der Waals surface area contributed by atoms with Gasteiger partial charge in [-0.15, -0.1) is 0 Å². The van der Waals surface area contributed by atoms with Gasteiger partial charge in [-0.3, -0.25) is 24.2 Å². The number of amides is 3. The zero-order valence-electron chi connectivity index (χ0n) is 16.1. The molecule has 2 aliphatic heterocycles. The van der Waals surface area contributed by atoms with Crippen molar-refractivity contribution in [2.24, 2.45) is 0 Å². The van der Waals surface area contributed by atoms with Crippen molar-refractivity contribution in [3.8, 4) is 5.75 Å². The van der Waals surface area contributed by atoms with Gasteiger partial charge in [0.1, 0.15) is 18.9 Å². The summed E-state index contributed by atoms with van der Waals surface area (Å²) in [5, 5.41) is 0. The summed E-state index contributed by atoms with van der Waals surface area (Å²) in [6.45, 7) is 3.81. The highest BCUT2D eigenvalue weighted by Gasteiger charge is 2.37. The summed E-state index contributed by atoms with van der Waals surface area (Å²) in [6.07, 6.45) is 0. The van der Waals surface area contributed by atoms with Crippen LogP contribution in [0.3, 0.4) is 0 Å². The van der Waals surface area contributed by atoms with E-state index in [1.54, 1.807) is 29.2 Å². The lowest BCUT2D eigenvalue weighted by molar-refractivity contribution is -0.133. The van der Waals surface area contributed by atoms with Gasteiger partial charge < -0.3 is 9.64 Å². The number of carbonyl (C=O) groups is 3. The van der Waals surface area contributed by atoms with Crippen molar-refractivity contribution < 1.29 is 19.1 Å². The molecule has 0 aromatic heterocycles. The van der Waals surface area contributed by atoms with Crippen LogP contribution in [0, 0.1) is 0 Å². The number of hydrogen-bond donors (Lipinski definition) is 0. The normalized spacial score (nSPS) is 16.8. The monoisotopic (exact) mass is 393 g/mol. The van der Waals surface area contributed by atoms with Crippen LogP contribution in [0.4, 0.5) is 0 Å². The molecular weight excluding hydrogens is 370 g/mol. The van der Waals surface area contributed by atoms with E-state index in [1.165, 1.54) is 0 Å². The Morgan fingerprint density at radius 1 is 0.828 bits per heavy atom. The number of imide groups is 1. The van der Waals surface area contributed by atoms with Gasteiger partial charge >= 0.3 is 0 Å². The summed E-state index contributed by atoms with van der Waals surface area (Å²) < 4.78 is 5.72. The van der Waals surface area contributed by atoms with E-state index in [-0.39, 0.29) is 12.5 Å². The zero-order valence-corrected chi connectivity index (χ0v) is 16.1. The summed E-state index contributed by atoms with van der Waals surface area (Å²) in [6, 6.07) is 16.4. The van der Waals surface area contributed by atoms with Gasteiger partial charge in [-0.05, 0) is 24.3 Å². The highest BCUT2D eigenvalue weighted by molar-refractivity contribution is 6.22. The predicted molar refractivity (Wildman–Crippen MR) is 107 cm³/mol. The molecule has 2 aromatic carbocycles. The minimum atomic E-state index is -0.393. The molecule has 0 radical (unpaired) electrons.